The Labute approximate surface area is 188 Å². The van der Waals surface area contributed by atoms with Crippen LogP contribution < -0.4 is 4.74 Å². The Hall–Kier alpha value is -2.63. The second-order valence-electron chi connectivity index (χ2n) is 8.59. The Bertz CT molecular complexity index is 884. The average Bonchev–Trinajstić information content (AvgIpc) is 2.78. The lowest BCUT2D eigenvalue weighted by atomic mass is 9.73. The van der Waals surface area contributed by atoms with Crippen LogP contribution in [0.3, 0.4) is 0 Å². The number of benzene rings is 2. The summed E-state index contributed by atoms with van der Waals surface area (Å²) >= 11 is 0. The van der Waals surface area contributed by atoms with Gasteiger partial charge in [0.2, 0.25) is 0 Å². The lowest BCUT2D eigenvalue weighted by Crippen LogP contribution is -2.25. The zero-order valence-electron chi connectivity index (χ0n) is 18.7. The standard InChI is InChI=1S/C26H31F3N2O/c1-3-7-19(2)21-12-14-23(15-13-21)25(22-8-5-4-6-9-22)31-30-18-20-10-16-24(17-11-20)32-26(27,28)29/h4-6,8-11,16-19,21,23H,3,7,12-15H2,1-2H3. The van der Waals surface area contributed by atoms with Gasteiger partial charge in [0.25, 0.3) is 0 Å². The van der Waals surface area contributed by atoms with Crippen molar-refractivity contribution in [2.24, 2.45) is 28.0 Å². The fraction of sp³-hybridized carbons (Fsp3) is 0.462. The van der Waals surface area contributed by atoms with Crippen LogP contribution in [0.2, 0.25) is 0 Å². The van der Waals surface area contributed by atoms with Crippen molar-refractivity contribution in [1.29, 1.82) is 0 Å². The van der Waals surface area contributed by atoms with Crippen molar-refractivity contribution < 1.29 is 17.9 Å². The Morgan fingerprint density at radius 1 is 1.03 bits per heavy atom. The Balaban J connectivity index is 1.71. The van der Waals surface area contributed by atoms with Gasteiger partial charge in [-0.2, -0.15) is 10.2 Å². The minimum atomic E-state index is -4.70. The monoisotopic (exact) mass is 444 g/mol. The van der Waals surface area contributed by atoms with Crippen LogP contribution in [0.5, 0.6) is 5.75 Å². The molecule has 0 N–H and O–H groups in total. The Morgan fingerprint density at radius 3 is 2.28 bits per heavy atom. The largest absolute Gasteiger partial charge is 0.573 e. The third-order valence-corrected chi connectivity index (χ3v) is 6.26. The molecule has 0 aliphatic heterocycles. The summed E-state index contributed by atoms with van der Waals surface area (Å²) in [6, 6.07) is 15.7. The number of nitrogens with zero attached hydrogens (tertiary/aromatic N) is 2. The van der Waals surface area contributed by atoms with E-state index in [2.05, 4.69) is 40.9 Å². The SMILES string of the molecule is CCCC(C)C1CCC(C(=NN=Cc2ccc(OC(F)(F)F)cc2)c2ccccc2)CC1. The first-order valence-corrected chi connectivity index (χ1v) is 11.4. The molecule has 1 unspecified atom stereocenters. The van der Waals surface area contributed by atoms with E-state index in [1.807, 2.05) is 18.2 Å². The van der Waals surface area contributed by atoms with E-state index in [0.29, 0.717) is 11.5 Å². The van der Waals surface area contributed by atoms with Crippen LogP contribution in [-0.4, -0.2) is 18.3 Å². The van der Waals surface area contributed by atoms with Crippen LogP contribution in [0.15, 0.2) is 64.8 Å². The minimum Gasteiger partial charge on any atom is -0.406 e. The molecule has 3 rings (SSSR count). The van der Waals surface area contributed by atoms with Gasteiger partial charge in [0, 0.05) is 5.92 Å². The Kier molecular flexibility index (Phi) is 8.48. The summed E-state index contributed by atoms with van der Waals surface area (Å²) in [7, 11) is 0. The molecule has 0 aromatic heterocycles. The molecule has 1 atom stereocenters. The number of alkyl halides is 3. The molecule has 2 aromatic rings. The van der Waals surface area contributed by atoms with E-state index in [0.717, 1.165) is 36.0 Å². The molecule has 172 valence electrons. The molecule has 3 nitrogen and oxygen atoms in total. The van der Waals surface area contributed by atoms with Crippen molar-refractivity contribution in [1.82, 2.24) is 0 Å². The van der Waals surface area contributed by atoms with Crippen molar-refractivity contribution in [2.75, 3.05) is 0 Å². The molecule has 1 aliphatic rings. The highest BCUT2D eigenvalue weighted by molar-refractivity contribution is 6.02. The molecular weight excluding hydrogens is 413 g/mol. The highest BCUT2D eigenvalue weighted by atomic mass is 19.4. The van der Waals surface area contributed by atoms with Gasteiger partial charge in [-0.15, -0.1) is 13.2 Å². The van der Waals surface area contributed by atoms with Crippen molar-refractivity contribution in [3.63, 3.8) is 0 Å². The average molecular weight is 445 g/mol. The molecule has 32 heavy (non-hydrogen) atoms. The molecule has 0 bridgehead atoms. The lowest BCUT2D eigenvalue weighted by molar-refractivity contribution is -0.274. The second-order valence-corrected chi connectivity index (χ2v) is 8.59. The van der Waals surface area contributed by atoms with Gasteiger partial charge in [0.1, 0.15) is 5.75 Å². The molecule has 0 radical (unpaired) electrons. The molecule has 0 heterocycles. The number of rotatable bonds is 8. The molecule has 6 heteroatoms. The van der Waals surface area contributed by atoms with Crippen molar-refractivity contribution in [2.45, 2.75) is 58.7 Å². The maximum Gasteiger partial charge on any atom is 0.573 e. The summed E-state index contributed by atoms with van der Waals surface area (Å²) in [6.45, 7) is 4.62. The van der Waals surface area contributed by atoms with Gasteiger partial charge in [-0.3, -0.25) is 0 Å². The topological polar surface area (TPSA) is 34.0 Å². The van der Waals surface area contributed by atoms with E-state index in [9.17, 15) is 13.2 Å². The molecule has 2 aromatic carbocycles. The maximum absolute atomic E-state index is 12.3. The van der Waals surface area contributed by atoms with E-state index in [-0.39, 0.29) is 5.75 Å². The van der Waals surface area contributed by atoms with Crippen molar-refractivity contribution in [3.8, 4) is 5.75 Å². The molecule has 1 aliphatic carbocycles. The second kappa shape index (κ2) is 11.3. The zero-order chi connectivity index (χ0) is 23.0. The smallest absolute Gasteiger partial charge is 0.406 e. The first-order valence-electron chi connectivity index (χ1n) is 11.4. The Morgan fingerprint density at radius 2 is 1.69 bits per heavy atom. The van der Waals surface area contributed by atoms with Crippen molar-refractivity contribution >= 4 is 11.9 Å². The molecule has 0 saturated heterocycles. The van der Waals surface area contributed by atoms with Gasteiger partial charge in [0.15, 0.2) is 0 Å². The first-order chi connectivity index (χ1) is 15.4. The predicted octanol–water partition coefficient (Wildman–Crippen LogP) is 7.65. The summed E-state index contributed by atoms with van der Waals surface area (Å²) in [5.74, 6) is 1.66. The molecule has 1 saturated carbocycles. The van der Waals surface area contributed by atoms with Crippen LogP contribution in [0, 0.1) is 17.8 Å². The third-order valence-electron chi connectivity index (χ3n) is 6.26. The quantitative estimate of drug-likeness (QED) is 0.304. The van der Waals surface area contributed by atoms with Gasteiger partial charge in [0.05, 0.1) is 11.9 Å². The third kappa shape index (κ3) is 7.21. The summed E-state index contributed by atoms with van der Waals surface area (Å²) < 4.78 is 40.8. The normalized spacial score (nSPS) is 21.0. The van der Waals surface area contributed by atoms with E-state index in [4.69, 9.17) is 0 Å². The van der Waals surface area contributed by atoms with Crippen molar-refractivity contribution in [3.05, 3.63) is 65.7 Å². The predicted molar refractivity (Wildman–Crippen MR) is 123 cm³/mol. The van der Waals surface area contributed by atoms with Gasteiger partial charge in [-0.25, -0.2) is 0 Å². The van der Waals surface area contributed by atoms with Crippen LogP contribution in [-0.2, 0) is 0 Å². The lowest BCUT2D eigenvalue weighted by Gasteiger charge is -2.32. The number of ether oxygens (including phenoxy) is 1. The number of hydrogen-bond acceptors (Lipinski definition) is 3. The summed E-state index contributed by atoms with van der Waals surface area (Å²) in [5, 5.41) is 8.86. The highest BCUT2D eigenvalue weighted by Gasteiger charge is 2.31. The van der Waals surface area contributed by atoms with Crippen LogP contribution in [0.25, 0.3) is 0 Å². The maximum atomic E-state index is 12.3. The fourth-order valence-electron chi connectivity index (χ4n) is 4.55. The van der Waals surface area contributed by atoms with Crippen LogP contribution in [0.4, 0.5) is 13.2 Å². The van der Waals surface area contributed by atoms with Gasteiger partial charge in [-0.05, 0) is 72.9 Å². The molecule has 0 spiro atoms. The summed E-state index contributed by atoms with van der Waals surface area (Å²) in [6.07, 6.45) is 4.01. The van der Waals surface area contributed by atoms with Crippen LogP contribution in [0.1, 0.15) is 63.5 Å². The summed E-state index contributed by atoms with van der Waals surface area (Å²) in [5.41, 5.74) is 2.72. The van der Waals surface area contributed by atoms with E-state index in [1.54, 1.807) is 6.21 Å². The van der Waals surface area contributed by atoms with Gasteiger partial charge >= 0.3 is 6.36 Å². The van der Waals surface area contributed by atoms with Gasteiger partial charge in [-0.1, -0.05) is 57.0 Å². The van der Waals surface area contributed by atoms with Crippen LogP contribution >= 0.6 is 0 Å². The van der Waals surface area contributed by atoms with E-state index in [1.165, 1.54) is 49.9 Å². The first kappa shape index (κ1) is 24.0. The number of hydrogen-bond donors (Lipinski definition) is 0. The molecular formula is C26H31F3N2O. The van der Waals surface area contributed by atoms with E-state index < -0.39 is 6.36 Å². The number of halogens is 3. The fourth-order valence-corrected chi connectivity index (χ4v) is 4.55. The highest BCUT2D eigenvalue weighted by Crippen LogP contribution is 2.36. The minimum absolute atomic E-state index is 0.253. The van der Waals surface area contributed by atoms with Gasteiger partial charge < -0.3 is 4.74 Å². The molecule has 1 fully saturated rings. The zero-order valence-corrected chi connectivity index (χ0v) is 18.7. The van der Waals surface area contributed by atoms with E-state index >= 15 is 0 Å². The molecule has 0 amide bonds. The summed E-state index contributed by atoms with van der Waals surface area (Å²) in [4.78, 5) is 0.